The third kappa shape index (κ3) is 2.86. The van der Waals surface area contributed by atoms with Crippen LogP contribution in [-0.2, 0) is 6.42 Å². The third-order valence-corrected chi connectivity index (χ3v) is 3.23. The molecule has 1 aromatic heterocycles. The lowest BCUT2D eigenvalue weighted by Gasteiger charge is -2.07. The van der Waals surface area contributed by atoms with Crippen molar-refractivity contribution >= 4 is 5.82 Å². The monoisotopic (exact) mass is 260 g/mol. The quantitative estimate of drug-likeness (QED) is 0.775. The molecule has 0 aliphatic rings. The van der Waals surface area contributed by atoms with Crippen molar-refractivity contribution in [2.75, 3.05) is 5.73 Å². The highest BCUT2D eigenvalue weighted by atomic mass is 14.8. The lowest BCUT2D eigenvalue weighted by Crippen LogP contribution is -1.98. The molecule has 20 heavy (non-hydrogen) atoms. The highest BCUT2D eigenvalue weighted by Gasteiger charge is 2.04. The van der Waals surface area contributed by atoms with Crippen molar-refractivity contribution in [3.63, 3.8) is 0 Å². The topological polar surface area (TPSA) is 38.9 Å². The maximum atomic E-state index is 5.94. The second-order valence-corrected chi connectivity index (χ2v) is 4.80. The number of nitrogen functional groups attached to an aromatic ring is 1. The van der Waals surface area contributed by atoms with Gasteiger partial charge in [-0.2, -0.15) is 0 Å². The molecule has 0 radical (unpaired) electrons. The first kappa shape index (κ1) is 12.4. The van der Waals surface area contributed by atoms with Gasteiger partial charge in [0, 0.05) is 12.1 Å². The van der Waals surface area contributed by atoms with Crippen molar-refractivity contribution in [3.8, 4) is 11.1 Å². The number of anilines is 1. The Morgan fingerprint density at radius 3 is 2.10 bits per heavy atom. The highest BCUT2D eigenvalue weighted by molar-refractivity contribution is 5.66. The van der Waals surface area contributed by atoms with E-state index in [0.717, 1.165) is 23.2 Å². The predicted molar refractivity (Wildman–Crippen MR) is 83.3 cm³/mol. The summed E-state index contributed by atoms with van der Waals surface area (Å²) < 4.78 is 0. The van der Waals surface area contributed by atoms with Gasteiger partial charge in [-0.1, -0.05) is 60.7 Å². The van der Waals surface area contributed by atoms with Gasteiger partial charge < -0.3 is 5.73 Å². The number of aromatic nitrogens is 1. The summed E-state index contributed by atoms with van der Waals surface area (Å²) in [4.78, 5) is 4.43. The van der Waals surface area contributed by atoms with Crippen LogP contribution in [0.3, 0.4) is 0 Å². The zero-order chi connectivity index (χ0) is 13.8. The molecule has 1 heterocycles. The van der Waals surface area contributed by atoms with Crippen molar-refractivity contribution in [2.45, 2.75) is 6.42 Å². The van der Waals surface area contributed by atoms with E-state index in [9.17, 15) is 0 Å². The summed E-state index contributed by atoms with van der Waals surface area (Å²) in [5, 5.41) is 0. The molecular weight excluding hydrogens is 244 g/mol. The van der Waals surface area contributed by atoms with Crippen LogP contribution in [0.15, 0.2) is 72.8 Å². The van der Waals surface area contributed by atoms with E-state index in [0.29, 0.717) is 5.82 Å². The van der Waals surface area contributed by atoms with Gasteiger partial charge in [0.05, 0.1) is 0 Å². The molecular formula is C18H16N2. The van der Waals surface area contributed by atoms with Gasteiger partial charge in [0.1, 0.15) is 5.82 Å². The molecule has 2 heteroatoms. The molecule has 0 aliphatic carbocycles. The zero-order valence-electron chi connectivity index (χ0n) is 11.2. The van der Waals surface area contributed by atoms with Gasteiger partial charge in [-0.3, -0.25) is 0 Å². The van der Waals surface area contributed by atoms with E-state index in [1.165, 1.54) is 5.56 Å². The number of pyridine rings is 1. The van der Waals surface area contributed by atoms with E-state index in [-0.39, 0.29) is 0 Å². The number of hydrogen-bond donors (Lipinski definition) is 1. The Kier molecular flexibility index (Phi) is 3.46. The number of hydrogen-bond acceptors (Lipinski definition) is 2. The Bertz CT molecular complexity index is 691. The molecule has 2 N–H and O–H groups in total. The van der Waals surface area contributed by atoms with Crippen LogP contribution in [-0.4, -0.2) is 4.98 Å². The predicted octanol–water partition coefficient (Wildman–Crippen LogP) is 3.92. The van der Waals surface area contributed by atoms with Gasteiger partial charge >= 0.3 is 0 Å². The Labute approximate surface area is 118 Å². The number of rotatable bonds is 3. The summed E-state index contributed by atoms with van der Waals surface area (Å²) in [6.45, 7) is 0. The maximum absolute atomic E-state index is 5.94. The number of nitrogens with zero attached hydrogens (tertiary/aromatic N) is 1. The molecule has 98 valence electrons. The molecule has 0 aliphatic heterocycles. The van der Waals surface area contributed by atoms with Crippen LogP contribution in [0.1, 0.15) is 11.3 Å². The van der Waals surface area contributed by atoms with Crippen LogP contribution in [0.4, 0.5) is 5.82 Å². The number of nitrogens with two attached hydrogens (primary N) is 1. The van der Waals surface area contributed by atoms with E-state index in [1.807, 2.05) is 42.5 Å². The van der Waals surface area contributed by atoms with Crippen LogP contribution >= 0.6 is 0 Å². The minimum absolute atomic E-state index is 0.567. The Morgan fingerprint density at radius 2 is 1.40 bits per heavy atom. The molecule has 3 aromatic rings. The van der Waals surface area contributed by atoms with Gasteiger partial charge in [0.15, 0.2) is 0 Å². The Hall–Kier alpha value is -2.61. The zero-order valence-corrected chi connectivity index (χ0v) is 11.2. The fourth-order valence-electron chi connectivity index (χ4n) is 2.30. The van der Waals surface area contributed by atoms with Crippen LogP contribution in [0.5, 0.6) is 0 Å². The second kappa shape index (κ2) is 5.57. The van der Waals surface area contributed by atoms with E-state index >= 15 is 0 Å². The van der Waals surface area contributed by atoms with E-state index in [1.54, 1.807) is 0 Å². The van der Waals surface area contributed by atoms with Crippen LogP contribution < -0.4 is 5.73 Å². The van der Waals surface area contributed by atoms with Crippen molar-refractivity contribution in [2.24, 2.45) is 0 Å². The fraction of sp³-hybridized carbons (Fsp3) is 0.0556. The first-order chi connectivity index (χ1) is 9.81. The maximum Gasteiger partial charge on any atom is 0.124 e. The second-order valence-electron chi connectivity index (χ2n) is 4.80. The lowest BCUT2D eigenvalue weighted by molar-refractivity contribution is 1.08. The van der Waals surface area contributed by atoms with Crippen molar-refractivity contribution in [1.82, 2.24) is 4.98 Å². The van der Waals surface area contributed by atoms with Crippen molar-refractivity contribution in [3.05, 3.63) is 84.1 Å². The highest BCUT2D eigenvalue weighted by Crippen LogP contribution is 2.22. The largest absolute Gasteiger partial charge is 0.384 e. The molecule has 2 aromatic carbocycles. The molecule has 0 atom stereocenters. The van der Waals surface area contributed by atoms with E-state index in [4.69, 9.17) is 5.73 Å². The van der Waals surface area contributed by atoms with Crippen LogP contribution in [0, 0.1) is 0 Å². The molecule has 3 rings (SSSR count). The smallest absolute Gasteiger partial charge is 0.124 e. The Morgan fingerprint density at radius 1 is 0.750 bits per heavy atom. The van der Waals surface area contributed by atoms with E-state index in [2.05, 4.69) is 35.3 Å². The molecule has 0 saturated carbocycles. The summed E-state index contributed by atoms with van der Waals surface area (Å²) >= 11 is 0. The van der Waals surface area contributed by atoms with Crippen molar-refractivity contribution in [1.29, 1.82) is 0 Å². The van der Waals surface area contributed by atoms with Gasteiger partial charge in [0.2, 0.25) is 0 Å². The summed E-state index contributed by atoms with van der Waals surface area (Å²) in [6.07, 6.45) is 0.797. The molecule has 2 nitrogen and oxygen atoms in total. The Balaban J connectivity index is 1.95. The minimum atomic E-state index is 0.567. The molecule has 0 spiro atoms. The molecule has 0 fully saturated rings. The van der Waals surface area contributed by atoms with E-state index < -0.39 is 0 Å². The summed E-state index contributed by atoms with van der Waals surface area (Å²) in [5.41, 5.74) is 10.5. The summed E-state index contributed by atoms with van der Waals surface area (Å²) in [6, 6.07) is 24.6. The average Bonchev–Trinajstić information content (AvgIpc) is 2.49. The molecule has 0 saturated heterocycles. The van der Waals surface area contributed by atoms with Gasteiger partial charge in [-0.15, -0.1) is 0 Å². The SMILES string of the molecule is Nc1cc(-c2ccccc2)cc(Cc2ccccc2)n1. The molecule has 0 bridgehead atoms. The average molecular weight is 260 g/mol. The first-order valence-electron chi connectivity index (χ1n) is 6.67. The molecule has 0 unspecified atom stereocenters. The normalized spacial score (nSPS) is 10.4. The summed E-state index contributed by atoms with van der Waals surface area (Å²) in [5.74, 6) is 0.567. The first-order valence-corrected chi connectivity index (χ1v) is 6.67. The van der Waals surface area contributed by atoms with Gasteiger partial charge in [-0.05, 0) is 28.8 Å². The van der Waals surface area contributed by atoms with Crippen LogP contribution in [0.2, 0.25) is 0 Å². The standard InChI is InChI=1S/C18H16N2/c19-18-13-16(15-9-5-2-6-10-15)12-17(20-18)11-14-7-3-1-4-8-14/h1-10,12-13H,11H2,(H2,19,20). The minimum Gasteiger partial charge on any atom is -0.384 e. The number of benzene rings is 2. The third-order valence-electron chi connectivity index (χ3n) is 3.23. The van der Waals surface area contributed by atoms with Crippen molar-refractivity contribution < 1.29 is 0 Å². The van der Waals surface area contributed by atoms with Gasteiger partial charge in [-0.25, -0.2) is 4.98 Å². The van der Waals surface area contributed by atoms with Gasteiger partial charge in [0.25, 0.3) is 0 Å². The summed E-state index contributed by atoms with van der Waals surface area (Å²) in [7, 11) is 0. The lowest BCUT2D eigenvalue weighted by atomic mass is 10.0. The molecule has 0 amide bonds. The fourth-order valence-corrected chi connectivity index (χ4v) is 2.30. The van der Waals surface area contributed by atoms with Crippen LogP contribution in [0.25, 0.3) is 11.1 Å².